The first-order chi connectivity index (χ1) is 21.1. The summed E-state index contributed by atoms with van der Waals surface area (Å²) in [6.45, 7) is 0.343. The fourth-order valence-electron chi connectivity index (χ4n) is 6.78. The van der Waals surface area contributed by atoms with Crippen LogP contribution in [-0.2, 0) is 13.1 Å². The highest BCUT2D eigenvalue weighted by Gasteiger charge is 2.52. The van der Waals surface area contributed by atoms with Gasteiger partial charge in [-0.2, -0.15) is 13.2 Å². The summed E-state index contributed by atoms with van der Waals surface area (Å²) < 4.78 is 61.5. The van der Waals surface area contributed by atoms with E-state index < -0.39 is 29.6 Å². The minimum Gasteiger partial charge on any atom is -0.497 e. The maximum Gasteiger partial charge on any atom is 0.404 e. The molecule has 2 unspecified atom stereocenters. The number of amides is 1. The van der Waals surface area contributed by atoms with Crippen molar-refractivity contribution in [3.63, 3.8) is 0 Å². The molecule has 5 rings (SSSR count). The number of ether oxygens (including phenoxy) is 2. The highest BCUT2D eigenvalue weighted by molar-refractivity contribution is 5.94. The minimum atomic E-state index is -4.46. The number of alkyl halides is 3. The van der Waals surface area contributed by atoms with E-state index in [1.807, 2.05) is 0 Å². The molecule has 2 aromatic carbocycles. The van der Waals surface area contributed by atoms with Gasteiger partial charge in [0.05, 0.1) is 20.8 Å². The number of aromatic nitrogens is 1. The van der Waals surface area contributed by atoms with E-state index in [9.17, 15) is 18.0 Å². The van der Waals surface area contributed by atoms with Gasteiger partial charge in [0.15, 0.2) is 0 Å². The Balaban J connectivity index is 1.45. The number of benzene rings is 2. The van der Waals surface area contributed by atoms with E-state index >= 15 is 0 Å². The Bertz CT molecular complexity index is 1470. The van der Waals surface area contributed by atoms with Gasteiger partial charge in [0.2, 0.25) is 0 Å². The van der Waals surface area contributed by atoms with E-state index in [0.29, 0.717) is 35.5 Å². The van der Waals surface area contributed by atoms with E-state index in [0.717, 1.165) is 50.5 Å². The van der Waals surface area contributed by atoms with E-state index in [2.05, 4.69) is 10.6 Å². The molecule has 1 spiro atoms. The highest BCUT2D eigenvalue weighted by Crippen LogP contribution is 2.45. The SMILES string of the molecule is COc1cc(CNC(=O)c2cc(Cn3ccoc3=N)cc(C3CCC4(CCCCCCC4)NC3C(F)(F)F)c2)cc(OC)c1. The summed E-state index contributed by atoms with van der Waals surface area (Å²) in [4.78, 5) is 13.5. The molecule has 1 aromatic heterocycles. The Kier molecular flexibility index (Phi) is 9.72. The maximum atomic E-state index is 14.7. The number of oxazole rings is 1. The number of piperidine rings is 1. The van der Waals surface area contributed by atoms with Crippen LogP contribution in [0.15, 0.2) is 53.3 Å². The van der Waals surface area contributed by atoms with E-state index in [1.165, 1.54) is 25.0 Å². The first-order valence-corrected chi connectivity index (χ1v) is 15.3. The fraction of sp³-hybridized carbons (Fsp3) is 0.515. The number of carbonyl (C=O) groups is 1. The monoisotopic (exact) mass is 614 g/mol. The van der Waals surface area contributed by atoms with Gasteiger partial charge in [-0.1, -0.05) is 38.2 Å². The minimum absolute atomic E-state index is 0.0906. The lowest BCUT2D eigenvalue weighted by atomic mass is 9.71. The van der Waals surface area contributed by atoms with E-state index in [-0.39, 0.29) is 24.3 Å². The van der Waals surface area contributed by atoms with Gasteiger partial charge in [-0.3, -0.25) is 14.8 Å². The van der Waals surface area contributed by atoms with Crippen LogP contribution in [0.25, 0.3) is 0 Å². The van der Waals surface area contributed by atoms with Crippen molar-refractivity contribution in [2.45, 2.75) is 94.6 Å². The van der Waals surface area contributed by atoms with Gasteiger partial charge in [0, 0.05) is 35.8 Å². The van der Waals surface area contributed by atoms with E-state index in [4.69, 9.17) is 19.3 Å². The normalized spacial score (nSPS) is 20.5. The summed E-state index contributed by atoms with van der Waals surface area (Å²) in [6.07, 6.45) is 6.12. The summed E-state index contributed by atoms with van der Waals surface area (Å²) in [5.41, 5.74) is 1.48. The summed E-state index contributed by atoms with van der Waals surface area (Å²) in [5.74, 6) is -0.121. The van der Waals surface area contributed by atoms with Gasteiger partial charge < -0.3 is 24.5 Å². The quantitative estimate of drug-likeness (QED) is 0.271. The third kappa shape index (κ3) is 7.49. The molecule has 1 aliphatic carbocycles. The van der Waals surface area contributed by atoms with Crippen LogP contribution in [-0.4, -0.2) is 42.5 Å². The molecular weight excluding hydrogens is 573 g/mol. The van der Waals surface area contributed by atoms with Crippen LogP contribution in [0.3, 0.4) is 0 Å². The highest BCUT2D eigenvalue weighted by atomic mass is 19.4. The predicted molar refractivity (Wildman–Crippen MR) is 159 cm³/mol. The first-order valence-electron chi connectivity index (χ1n) is 15.3. The van der Waals surface area contributed by atoms with Crippen molar-refractivity contribution in [2.24, 2.45) is 0 Å². The Hall–Kier alpha value is -3.73. The summed E-state index contributed by atoms with van der Waals surface area (Å²) in [7, 11) is 3.08. The molecular formula is C33H41F3N4O4. The molecule has 3 N–H and O–H groups in total. The Morgan fingerprint density at radius 2 is 1.68 bits per heavy atom. The third-order valence-electron chi connectivity index (χ3n) is 9.07. The second-order valence-corrected chi connectivity index (χ2v) is 12.1. The summed E-state index contributed by atoms with van der Waals surface area (Å²) in [6, 6.07) is 8.56. The average molecular weight is 615 g/mol. The van der Waals surface area contributed by atoms with Gasteiger partial charge >= 0.3 is 6.18 Å². The van der Waals surface area contributed by atoms with Crippen LogP contribution < -0.4 is 25.8 Å². The lowest BCUT2D eigenvalue weighted by molar-refractivity contribution is -0.174. The maximum absolute atomic E-state index is 14.7. The topological polar surface area (TPSA) is 102 Å². The van der Waals surface area contributed by atoms with Gasteiger partial charge in [0.25, 0.3) is 11.6 Å². The predicted octanol–water partition coefficient (Wildman–Crippen LogP) is 6.44. The number of hydrogen-bond donors (Lipinski definition) is 3. The standard InChI is InChI=1S/C33H41F3N4O4/c1-42-26-16-22(17-27(19-26)43-2)20-38-30(41)25-15-23(21-40-12-13-44-31(40)37)14-24(18-25)28-8-11-32(39-29(28)33(34,35)36)9-6-4-3-5-7-10-32/h12-19,28-29,37,39H,3-11,20-21H2,1-2H3,(H,38,41). The molecule has 238 valence electrons. The summed E-state index contributed by atoms with van der Waals surface area (Å²) >= 11 is 0. The molecule has 2 atom stereocenters. The second-order valence-electron chi connectivity index (χ2n) is 12.1. The first kappa shape index (κ1) is 31.7. The Labute approximate surface area is 255 Å². The van der Waals surface area contributed by atoms with Crippen LogP contribution in [0, 0.1) is 5.41 Å². The van der Waals surface area contributed by atoms with Crippen LogP contribution in [0.1, 0.15) is 90.8 Å². The van der Waals surface area contributed by atoms with Crippen molar-refractivity contribution < 1.29 is 31.9 Å². The molecule has 2 heterocycles. The molecule has 2 aliphatic rings. The number of hydrogen-bond acceptors (Lipinski definition) is 6. The lowest BCUT2D eigenvalue weighted by Gasteiger charge is -2.48. The van der Waals surface area contributed by atoms with Crippen LogP contribution in [0.5, 0.6) is 11.5 Å². The van der Waals surface area contributed by atoms with Crippen molar-refractivity contribution in [1.29, 1.82) is 5.41 Å². The third-order valence-corrected chi connectivity index (χ3v) is 9.07. The smallest absolute Gasteiger partial charge is 0.404 e. The zero-order valence-corrected chi connectivity index (χ0v) is 25.3. The lowest BCUT2D eigenvalue weighted by Crippen LogP contribution is -2.61. The molecule has 44 heavy (non-hydrogen) atoms. The molecule has 1 amide bonds. The van der Waals surface area contributed by atoms with Crippen molar-refractivity contribution in [1.82, 2.24) is 15.2 Å². The molecule has 11 heteroatoms. The summed E-state index contributed by atoms with van der Waals surface area (Å²) in [5, 5.41) is 14.0. The second kappa shape index (κ2) is 13.5. The zero-order valence-electron chi connectivity index (χ0n) is 25.3. The molecule has 0 bridgehead atoms. The van der Waals surface area contributed by atoms with Gasteiger partial charge in [-0.25, -0.2) is 0 Å². The van der Waals surface area contributed by atoms with Crippen molar-refractivity contribution in [3.05, 3.63) is 76.8 Å². The van der Waals surface area contributed by atoms with Gasteiger partial charge in [-0.05, 0) is 66.6 Å². The van der Waals surface area contributed by atoms with E-state index in [1.54, 1.807) is 42.6 Å². The average Bonchev–Trinajstić information content (AvgIpc) is 3.40. The number of nitrogens with zero attached hydrogens (tertiary/aromatic N) is 1. The number of carbonyl (C=O) groups excluding carboxylic acids is 1. The molecule has 8 nitrogen and oxygen atoms in total. The zero-order chi connectivity index (χ0) is 31.3. The number of rotatable bonds is 8. The molecule has 1 saturated carbocycles. The molecule has 3 aromatic rings. The fourth-order valence-corrected chi connectivity index (χ4v) is 6.78. The van der Waals surface area contributed by atoms with Crippen molar-refractivity contribution in [3.8, 4) is 11.5 Å². The molecule has 1 saturated heterocycles. The number of nitrogens with one attached hydrogen (secondary N) is 3. The molecule has 0 radical (unpaired) electrons. The van der Waals surface area contributed by atoms with Crippen molar-refractivity contribution >= 4 is 5.91 Å². The van der Waals surface area contributed by atoms with Crippen LogP contribution in [0.4, 0.5) is 13.2 Å². The largest absolute Gasteiger partial charge is 0.497 e. The number of methoxy groups -OCH3 is 2. The molecule has 1 aliphatic heterocycles. The Morgan fingerprint density at radius 3 is 2.30 bits per heavy atom. The van der Waals surface area contributed by atoms with Crippen molar-refractivity contribution in [2.75, 3.05) is 14.2 Å². The number of halogens is 3. The van der Waals surface area contributed by atoms with Crippen LogP contribution in [0.2, 0.25) is 0 Å². The van der Waals surface area contributed by atoms with Gasteiger partial charge in [0.1, 0.15) is 23.8 Å². The Morgan fingerprint density at radius 1 is 1.00 bits per heavy atom. The van der Waals surface area contributed by atoms with Crippen LogP contribution >= 0.6 is 0 Å². The van der Waals surface area contributed by atoms with Gasteiger partial charge in [-0.15, -0.1) is 0 Å². The molecule has 2 fully saturated rings.